The molecule has 0 aliphatic rings. The summed E-state index contributed by atoms with van der Waals surface area (Å²) < 4.78 is 36.7. The zero-order valence-electron chi connectivity index (χ0n) is 7.81. The molecule has 1 heterocycles. The Morgan fingerprint density at radius 2 is 2.07 bits per heavy atom. The Balaban J connectivity index is 2.65. The van der Waals surface area contributed by atoms with Crippen LogP contribution in [0.3, 0.4) is 0 Å². The minimum Gasteiger partial charge on any atom is -0.387 e. The summed E-state index contributed by atoms with van der Waals surface area (Å²) in [5, 5.41) is 24.5. The highest BCUT2D eigenvalue weighted by Crippen LogP contribution is 2.21. The van der Waals surface area contributed by atoms with Gasteiger partial charge in [0.1, 0.15) is 5.69 Å². The first kappa shape index (κ1) is 11.9. The summed E-state index contributed by atoms with van der Waals surface area (Å²) in [6, 6.07) is 0. The van der Waals surface area contributed by atoms with Crippen molar-refractivity contribution >= 4 is 0 Å². The molecule has 2 N–H and O–H groups in total. The predicted octanol–water partition coefficient (Wildman–Crippen LogP) is 0.255. The fraction of sp³-hybridized carbons (Fsp3) is 0.714. The molecule has 2 unspecified atom stereocenters. The van der Waals surface area contributed by atoms with Gasteiger partial charge in [-0.3, -0.25) is 0 Å². The number of rotatable bonds is 3. The van der Waals surface area contributed by atoms with Crippen LogP contribution in [0.4, 0.5) is 13.2 Å². The molecule has 1 aromatic heterocycles. The number of aromatic nitrogens is 3. The van der Waals surface area contributed by atoms with Gasteiger partial charge in [0.15, 0.2) is 6.10 Å². The maximum Gasteiger partial charge on any atom is 0.416 e. The van der Waals surface area contributed by atoms with Crippen LogP contribution in [0.2, 0.25) is 0 Å². The summed E-state index contributed by atoms with van der Waals surface area (Å²) in [5.41, 5.74) is 0.157. The van der Waals surface area contributed by atoms with Crippen molar-refractivity contribution in [1.82, 2.24) is 15.0 Å². The first-order valence-electron chi connectivity index (χ1n) is 4.13. The van der Waals surface area contributed by atoms with E-state index < -0.39 is 24.9 Å². The molecular weight excluding hydrogens is 215 g/mol. The van der Waals surface area contributed by atoms with Crippen LogP contribution >= 0.6 is 0 Å². The molecule has 0 aliphatic carbocycles. The molecule has 15 heavy (non-hydrogen) atoms. The molecule has 0 bridgehead atoms. The summed E-state index contributed by atoms with van der Waals surface area (Å²) in [5.74, 6) is 0. The summed E-state index contributed by atoms with van der Waals surface area (Å²) >= 11 is 0. The molecule has 0 amide bonds. The van der Waals surface area contributed by atoms with Crippen molar-refractivity contribution in [1.29, 1.82) is 0 Å². The van der Waals surface area contributed by atoms with Crippen molar-refractivity contribution in [3.05, 3.63) is 11.9 Å². The highest BCUT2D eigenvalue weighted by atomic mass is 19.4. The fourth-order valence-electron chi connectivity index (χ4n) is 0.875. The van der Waals surface area contributed by atoms with Crippen molar-refractivity contribution in [2.45, 2.75) is 31.9 Å². The van der Waals surface area contributed by atoms with Gasteiger partial charge in [-0.1, -0.05) is 5.21 Å². The van der Waals surface area contributed by atoms with E-state index in [-0.39, 0.29) is 5.69 Å². The van der Waals surface area contributed by atoms with Gasteiger partial charge in [0, 0.05) is 0 Å². The Bertz CT molecular complexity index is 324. The Morgan fingerprint density at radius 1 is 1.47 bits per heavy atom. The van der Waals surface area contributed by atoms with E-state index in [1.165, 1.54) is 6.92 Å². The SMILES string of the molecule is CC(O)c1cn(CC(O)C(F)(F)F)nn1. The number of aliphatic hydroxyl groups is 2. The number of aliphatic hydroxyl groups excluding tert-OH is 2. The van der Waals surface area contributed by atoms with Crippen LogP contribution < -0.4 is 0 Å². The molecule has 8 heteroatoms. The van der Waals surface area contributed by atoms with Crippen LogP contribution in [-0.4, -0.2) is 37.5 Å². The second kappa shape index (κ2) is 4.15. The summed E-state index contributed by atoms with van der Waals surface area (Å²) in [7, 11) is 0. The van der Waals surface area contributed by atoms with Crippen LogP contribution in [0.15, 0.2) is 6.20 Å². The molecule has 1 aromatic rings. The molecule has 2 atom stereocenters. The molecule has 0 aliphatic heterocycles. The lowest BCUT2D eigenvalue weighted by Crippen LogP contribution is -2.32. The number of alkyl halides is 3. The molecule has 86 valence electrons. The van der Waals surface area contributed by atoms with E-state index in [0.29, 0.717) is 0 Å². The smallest absolute Gasteiger partial charge is 0.387 e. The van der Waals surface area contributed by atoms with Gasteiger partial charge in [-0.15, -0.1) is 5.10 Å². The topological polar surface area (TPSA) is 71.2 Å². The number of hydrogen-bond donors (Lipinski definition) is 2. The van der Waals surface area contributed by atoms with Crippen LogP contribution in [0.25, 0.3) is 0 Å². The molecule has 0 spiro atoms. The van der Waals surface area contributed by atoms with Crippen molar-refractivity contribution in [2.75, 3.05) is 0 Å². The summed E-state index contributed by atoms with van der Waals surface area (Å²) in [4.78, 5) is 0. The monoisotopic (exact) mass is 225 g/mol. The van der Waals surface area contributed by atoms with Crippen LogP contribution in [0.1, 0.15) is 18.7 Å². The summed E-state index contributed by atoms with van der Waals surface area (Å²) in [6.45, 7) is 0.678. The van der Waals surface area contributed by atoms with Crippen LogP contribution in [0.5, 0.6) is 0 Å². The lowest BCUT2D eigenvalue weighted by atomic mass is 10.3. The lowest BCUT2D eigenvalue weighted by molar-refractivity contribution is -0.208. The molecule has 0 saturated carbocycles. The van der Waals surface area contributed by atoms with Gasteiger partial charge >= 0.3 is 6.18 Å². The van der Waals surface area contributed by atoms with Gasteiger partial charge in [-0.2, -0.15) is 13.2 Å². The van der Waals surface area contributed by atoms with E-state index in [0.717, 1.165) is 10.9 Å². The van der Waals surface area contributed by atoms with Gasteiger partial charge in [0.25, 0.3) is 0 Å². The first-order valence-corrected chi connectivity index (χ1v) is 4.13. The Labute approximate surface area is 83.1 Å². The third-order valence-corrected chi connectivity index (χ3v) is 1.72. The highest BCUT2D eigenvalue weighted by Gasteiger charge is 2.38. The second-order valence-electron chi connectivity index (χ2n) is 3.10. The molecule has 0 fully saturated rings. The van der Waals surface area contributed by atoms with E-state index in [2.05, 4.69) is 10.3 Å². The maximum absolute atomic E-state index is 11.9. The zero-order valence-corrected chi connectivity index (χ0v) is 7.81. The minimum absolute atomic E-state index is 0.157. The molecule has 5 nitrogen and oxygen atoms in total. The molecule has 0 saturated heterocycles. The van der Waals surface area contributed by atoms with E-state index in [1.54, 1.807) is 0 Å². The highest BCUT2D eigenvalue weighted by molar-refractivity contribution is 4.95. The average molecular weight is 225 g/mol. The molecule has 0 aromatic carbocycles. The van der Waals surface area contributed by atoms with E-state index in [4.69, 9.17) is 10.2 Å². The lowest BCUT2D eigenvalue weighted by Gasteiger charge is -2.13. The van der Waals surface area contributed by atoms with Crippen molar-refractivity contribution < 1.29 is 23.4 Å². The number of hydrogen-bond acceptors (Lipinski definition) is 4. The number of halogens is 3. The van der Waals surface area contributed by atoms with Gasteiger partial charge in [0.2, 0.25) is 0 Å². The fourth-order valence-corrected chi connectivity index (χ4v) is 0.875. The van der Waals surface area contributed by atoms with Gasteiger partial charge in [-0.05, 0) is 6.92 Å². The average Bonchev–Trinajstić information content (AvgIpc) is 2.50. The van der Waals surface area contributed by atoms with Gasteiger partial charge in [0.05, 0.1) is 18.8 Å². The quantitative estimate of drug-likeness (QED) is 0.773. The van der Waals surface area contributed by atoms with Crippen molar-refractivity contribution in [3.63, 3.8) is 0 Å². The number of nitrogens with zero attached hydrogens (tertiary/aromatic N) is 3. The van der Waals surface area contributed by atoms with Gasteiger partial charge in [-0.25, -0.2) is 4.68 Å². The third kappa shape index (κ3) is 3.17. The van der Waals surface area contributed by atoms with E-state index >= 15 is 0 Å². The second-order valence-corrected chi connectivity index (χ2v) is 3.10. The first-order chi connectivity index (χ1) is 6.80. The van der Waals surface area contributed by atoms with E-state index in [9.17, 15) is 13.2 Å². The Morgan fingerprint density at radius 3 is 2.47 bits per heavy atom. The largest absolute Gasteiger partial charge is 0.416 e. The maximum atomic E-state index is 11.9. The van der Waals surface area contributed by atoms with Crippen LogP contribution in [0, 0.1) is 0 Å². The van der Waals surface area contributed by atoms with Crippen molar-refractivity contribution in [3.8, 4) is 0 Å². The normalized spacial score (nSPS) is 16.4. The Hall–Kier alpha value is -1.15. The third-order valence-electron chi connectivity index (χ3n) is 1.72. The predicted molar refractivity (Wildman–Crippen MR) is 42.7 cm³/mol. The Kier molecular flexibility index (Phi) is 3.30. The van der Waals surface area contributed by atoms with E-state index in [1.807, 2.05) is 0 Å². The zero-order chi connectivity index (χ0) is 11.6. The van der Waals surface area contributed by atoms with Crippen molar-refractivity contribution in [2.24, 2.45) is 0 Å². The minimum atomic E-state index is -4.68. The van der Waals surface area contributed by atoms with Crippen LogP contribution in [-0.2, 0) is 6.54 Å². The molecule has 0 radical (unpaired) electrons. The van der Waals surface area contributed by atoms with Gasteiger partial charge < -0.3 is 10.2 Å². The standard InChI is InChI=1S/C7H10F3N3O2/c1-4(14)5-2-13(12-11-5)3-6(15)7(8,9)10/h2,4,6,14-15H,3H2,1H3. The molecule has 1 rings (SSSR count). The molecular formula is C7H10F3N3O2. The summed E-state index contributed by atoms with van der Waals surface area (Å²) in [6.07, 6.45) is -6.92.